The number of hydrogen-bond acceptors (Lipinski definition) is 3. The molecule has 4 heteroatoms. The molecule has 0 unspecified atom stereocenters. The molecule has 0 aromatic heterocycles. The number of benzene rings is 3. The summed E-state index contributed by atoms with van der Waals surface area (Å²) in [6.45, 7) is 27.6. The quantitative estimate of drug-likeness (QED) is 0.261. The molecule has 0 N–H and O–H groups in total. The molecule has 0 amide bonds. The normalized spacial score (nSPS) is 17.4. The fraction of sp³-hybridized carbons (Fsp3) is 0.415. The maximum Gasteiger partial charge on any atom is 0.531 e. The Hall–Kier alpha value is -2.95. The molecular weight excluding hydrogens is 585 g/mol. The molecule has 45 heavy (non-hydrogen) atoms. The lowest BCUT2D eigenvalue weighted by Crippen LogP contribution is -2.66. The third-order valence-electron chi connectivity index (χ3n) is 8.77. The maximum atomic E-state index is 7.76. The Labute approximate surface area is 278 Å². The van der Waals surface area contributed by atoms with Gasteiger partial charge in [-0.2, -0.15) is 0 Å². The molecule has 3 aromatic carbocycles. The molecule has 0 bridgehead atoms. The van der Waals surface area contributed by atoms with Gasteiger partial charge in [0.15, 0.2) is 0 Å². The van der Waals surface area contributed by atoms with Gasteiger partial charge in [-0.25, -0.2) is 0 Å². The van der Waals surface area contributed by atoms with Gasteiger partial charge in [0, 0.05) is 26.3 Å². The summed E-state index contributed by atoms with van der Waals surface area (Å²) in [5.74, 6) is 1.97. The lowest BCUT2D eigenvalue weighted by molar-refractivity contribution is 0.247. The molecule has 0 saturated heterocycles. The van der Waals surface area contributed by atoms with Crippen LogP contribution in [-0.4, -0.2) is 8.56 Å². The van der Waals surface area contributed by atoms with Crippen LogP contribution < -0.4 is 14.8 Å². The largest absolute Gasteiger partial charge is 0.531 e. The van der Waals surface area contributed by atoms with Crippen molar-refractivity contribution in [3.05, 3.63) is 118 Å². The molecule has 238 valence electrons. The fourth-order valence-corrected chi connectivity index (χ4v) is 10.5. The number of fused-ring (bicyclic) bond motifs is 2. The van der Waals surface area contributed by atoms with E-state index in [-0.39, 0.29) is 21.7 Å². The first kappa shape index (κ1) is 33.4. The molecular formula is C41H52O2SSi. The Morgan fingerprint density at radius 1 is 0.600 bits per heavy atom. The van der Waals surface area contributed by atoms with E-state index in [4.69, 9.17) is 8.85 Å². The van der Waals surface area contributed by atoms with E-state index in [9.17, 15) is 0 Å². The van der Waals surface area contributed by atoms with Crippen molar-refractivity contribution in [3.63, 3.8) is 0 Å². The molecule has 2 nitrogen and oxygen atoms in total. The summed E-state index contributed by atoms with van der Waals surface area (Å²) in [5, 5.41) is 2.20. The van der Waals surface area contributed by atoms with Crippen molar-refractivity contribution in [3.8, 4) is 5.75 Å². The Kier molecular flexibility index (Phi) is 8.68. The summed E-state index contributed by atoms with van der Waals surface area (Å²) in [7, 11) is -3.41. The van der Waals surface area contributed by atoms with Gasteiger partial charge >= 0.3 is 8.56 Å². The van der Waals surface area contributed by atoms with Gasteiger partial charge in [0.2, 0.25) is 0 Å². The lowest BCUT2D eigenvalue weighted by atomic mass is 9.78. The van der Waals surface area contributed by atoms with Crippen molar-refractivity contribution in [2.24, 2.45) is 10.8 Å². The summed E-state index contributed by atoms with van der Waals surface area (Å²) in [6, 6.07) is 26.2. The highest BCUT2D eigenvalue weighted by Crippen LogP contribution is 2.52. The monoisotopic (exact) mass is 636 g/mol. The number of rotatable bonds is 2. The topological polar surface area (TPSA) is 18.5 Å². The average Bonchev–Trinajstić information content (AvgIpc) is 3.01. The van der Waals surface area contributed by atoms with Crippen molar-refractivity contribution in [1.82, 2.24) is 0 Å². The van der Waals surface area contributed by atoms with Crippen molar-refractivity contribution in [2.75, 3.05) is 0 Å². The van der Waals surface area contributed by atoms with Gasteiger partial charge in [-0.3, -0.25) is 0 Å². The highest BCUT2D eigenvalue weighted by atomic mass is 32.2. The van der Waals surface area contributed by atoms with Crippen LogP contribution in [0.25, 0.3) is 0 Å². The molecule has 0 spiro atoms. The minimum atomic E-state index is -3.41. The van der Waals surface area contributed by atoms with E-state index in [1.54, 1.807) is 0 Å². The third kappa shape index (κ3) is 6.78. The third-order valence-corrected chi connectivity index (χ3v) is 13.1. The highest BCUT2D eigenvalue weighted by Gasteiger charge is 2.51. The second-order valence-corrected chi connectivity index (χ2v) is 20.6. The van der Waals surface area contributed by atoms with Gasteiger partial charge in [0.25, 0.3) is 0 Å². The van der Waals surface area contributed by atoms with Gasteiger partial charge in [-0.05, 0) is 45.9 Å². The molecule has 0 fully saturated rings. The summed E-state index contributed by atoms with van der Waals surface area (Å²) in [5.41, 5.74) is 4.83. The van der Waals surface area contributed by atoms with Crippen LogP contribution in [0.5, 0.6) is 5.75 Å². The van der Waals surface area contributed by atoms with Crippen LogP contribution in [0.15, 0.2) is 112 Å². The van der Waals surface area contributed by atoms with Crippen LogP contribution in [0, 0.1) is 10.8 Å². The zero-order valence-electron chi connectivity index (χ0n) is 29.5. The van der Waals surface area contributed by atoms with Crippen LogP contribution >= 0.6 is 11.8 Å². The van der Waals surface area contributed by atoms with Crippen molar-refractivity contribution < 1.29 is 8.85 Å². The van der Waals surface area contributed by atoms with E-state index in [2.05, 4.69) is 168 Å². The number of hydrogen-bond donors (Lipinski definition) is 0. The Morgan fingerprint density at radius 3 is 1.62 bits per heavy atom. The highest BCUT2D eigenvalue weighted by molar-refractivity contribution is 8.03. The van der Waals surface area contributed by atoms with E-state index in [1.165, 1.54) is 27.2 Å². The predicted molar refractivity (Wildman–Crippen MR) is 196 cm³/mol. The number of thioether (sulfide) groups is 1. The minimum absolute atomic E-state index is 0.0204. The minimum Gasteiger partial charge on any atom is -0.509 e. The molecule has 2 aliphatic rings. The van der Waals surface area contributed by atoms with Crippen LogP contribution in [0.1, 0.15) is 101 Å². The molecule has 0 atom stereocenters. The number of allylic oxidation sites excluding steroid dienone is 5. The van der Waals surface area contributed by atoms with Gasteiger partial charge in [0.1, 0.15) is 5.75 Å². The molecule has 5 rings (SSSR count). The van der Waals surface area contributed by atoms with Crippen LogP contribution in [0.4, 0.5) is 0 Å². The van der Waals surface area contributed by atoms with Gasteiger partial charge < -0.3 is 8.85 Å². The van der Waals surface area contributed by atoms with E-state index in [0.717, 1.165) is 33.2 Å². The van der Waals surface area contributed by atoms with E-state index >= 15 is 0 Å². The molecule has 0 radical (unpaired) electrons. The summed E-state index contributed by atoms with van der Waals surface area (Å²) in [6.07, 6.45) is 5.54. The molecule has 1 aliphatic heterocycles. The smallest absolute Gasteiger partial charge is 0.509 e. The molecule has 0 saturated carbocycles. The summed E-state index contributed by atoms with van der Waals surface area (Å²) >= 11 is 1.85. The van der Waals surface area contributed by atoms with Crippen LogP contribution in [0.3, 0.4) is 0 Å². The molecule has 1 aliphatic carbocycles. The van der Waals surface area contributed by atoms with Gasteiger partial charge in [0.05, 0.1) is 10.7 Å². The van der Waals surface area contributed by atoms with Gasteiger partial charge in [-0.1, -0.05) is 173 Å². The maximum absolute atomic E-state index is 7.76. The second-order valence-electron chi connectivity index (χ2n) is 16.7. The zero-order valence-corrected chi connectivity index (χ0v) is 31.3. The van der Waals surface area contributed by atoms with E-state index < -0.39 is 8.56 Å². The Morgan fingerprint density at radius 2 is 1.16 bits per heavy atom. The average molecular weight is 637 g/mol. The Balaban J connectivity index is 1.97. The van der Waals surface area contributed by atoms with Crippen molar-refractivity contribution in [1.29, 1.82) is 0 Å². The lowest BCUT2D eigenvalue weighted by Gasteiger charge is -2.39. The van der Waals surface area contributed by atoms with Crippen LogP contribution in [-0.2, 0) is 15.3 Å². The Bertz CT molecular complexity index is 1610. The summed E-state index contributed by atoms with van der Waals surface area (Å²) < 4.78 is 15.5. The zero-order chi connectivity index (χ0) is 33.0. The molecule has 1 heterocycles. The van der Waals surface area contributed by atoms with Crippen molar-refractivity contribution >= 4 is 30.7 Å². The SMILES string of the molecule is CC(C)(C)C1=CC=C2Sc3cc(C(C)(C)C)cc(C(C)(C)C)c3O[Si](c3ccccc3)(c3ccccc3)OC(C(C)(C)C)=C2C1. The van der Waals surface area contributed by atoms with E-state index in [1.807, 2.05) is 11.8 Å². The summed E-state index contributed by atoms with van der Waals surface area (Å²) in [4.78, 5) is 2.40. The first-order valence-corrected chi connectivity index (χ1v) is 19.0. The first-order chi connectivity index (χ1) is 20.8. The first-order valence-electron chi connectivity index (χ1n) is 16.3. The second kappa shape index (κ2) is 11.7. The standard InChI is InChI=1S/C41H52O2SSi/c1-38(2,3)28-23-24-34-32(25-28)37(41(10,11)12)43-45(30-19-15-13-16-20-30,31-21-17-14-18-22-31)42-36-33(40(7,8)9)26-29(39(4,5)6)27-35(36)44-34/h13-24,26-27H,25H2,1-12H3. The molecule has 3 aromatic rings. The van der Waals surface area contributed by atoms with Crippen LogP contribution in [0.2, 0.25) is 0 Å². The predicted octanol–water partition coefficient (Wildman–Crippen LogP) is 10.6. The van der Waals surface area contributed by atoms with Gasteiger partial charge in [-0.15, -0.1) is 0 Å². The van der Waals surface area contributed by atoms with E-state index in [0.29, 0.717) is 0 Å². The van der Waals surface area contributed by atoms with Crippen molar-refractivity contribution in [2.45, 2.75) is 105 Å². The fourth-order valence-electron chi connectivity index (χ4n) is 6.00.